The Morgan fingerprint density at radius 2 is 1.77 bits per heavy atom. The Bertz CT molecular complexity index is 1370. The number of carboxylic acid groups (broad SMARTS) is 1. The summed E-state index contributed by atoms with van der Waals surface area (Å²) in [5.74, 6) is -1.74. The van der Waals surface area contributed by atoms with E-state index in [9.17, 15) is 24.3 Å². The third-order valence-corrected chi connectivity index (χ3v) is 6.87. The molecule has 4 rings (SSSR count). The molecule has 0 spiro atoms. The van der Waals surface area contributed by atoms with Crippen molar-refractivity contribution in [3.8, 4) is 0 Å². The summed E-state index contributed by atoms with van der Waals surface area (Å²) in [7, 11) is 0. The molecular formula is C31H35N5O7. The summed E-state index contributed by atoms with van der Waals surface area (Å²) in [6, 6.07) is 19.9. The van der Waals surface area contributed by atoms with Crippen LogP contribution in [-0.4, -0.2) is 83.3 Å². The molecule has 2 aromatic carbocycles. The van der Waals surface area contributed by atoms with Gasteiger partial charge in [0.25, 0.3) is 5.91 Å². The van der Waals surface area contributed by atoms with Crippen molar-refractivity contribution in [2.75, 3.05) is 31.6 Å². The number of likely N-dealkylation sites (tertiary alicyclic amines) is 1. The van der Waals surface area contributed by atoms with Crippen LogP contribution >= 0.6 is 0 Å². The van der Waals surface area contributed by atoms with Crippen LogP contribution in [0.15, 0.2) is 79.0 Å². The predicted molar refractivity (Wildman–Crippen MR) is 157 cm³/mol. The largest absolute Gasteiger partial charge is 0.480 e. The second-order valence-corrected chi connectivity index (χ2v) is 10.1. The molecule has 1 aromatic heterocycles. The van der Waals surface area contributed by atoms with E-state index >= 15 is 0 Å². The molecule has 12 heteroatoms. The summed E-state index contributed by atoms with van der Waals surface area (Å²) >= 11 is 0. The van der Waals surface area contributed by atoms with Crippen LogP contribution in [-0.2, 0) is 25.7 Å². The quantitative estimate of drug-likeness (QED) is 0.235. The zero-order chi connectivity index (χ0) is 30.6. The number of hydrogen-bond acceptors (Lipinski definition) is 8. The molecule has 3 atom stereocenters. The normalized spacial score (nSPS) is 16.6. The SMILES string of the molecule is Cc1ccc(C(=O)NC(CNC(=O)COC2CC(CNc3ccccn3)N(C(=O)OCc3ccccc3)C2)C(=O)O)cc1. The lowest BCUT2D eigenvalue weighted by atomic mass is 10.1. The van der Waals surface area contributed by atoms with Crippen LogP contribution in [0.2, 0.25) is 0 Å². The molecule has 0 aliphatic carbocycles. The van der Waals surface area contributed by atoms with E-state index in [1.165, 1.54) is 0 Å². The van der Waals surface area contributed by atoms with Crippen LogP contribution in [0.3, 0.4) is 0 Å². The number of hydrogen-bond donors (Lipinski definition) is 4. The Balaban J connectivity index is 1.28. The van der Waals surface area contributed by atoms with Gasteiger partial charge < -0.3 is 35.4 Å². The van der Waals surface area contributed by atoms with E-state index in [-0.39, 0.29) is 32.3 Å². The van der Waals surface area contributed by atoms with E-state index in [4.69, 9.17) is 9.47 Å². The number of nitrogens with one attached hydrogen (secondary N) is 3. The number of carbonyl (C=O) groups is 4. The number of carboxylic acids is 1. The maximum atomic E-state index is 13.0. The minimum Gasteiger partial charge on any atom is -0.480 e. The number of ether oxygens (including phenoxy) is 2. The van der Waals surface area contributed by atoms with Gasteiger partial charge in [-0.1, -0.05) is 54.1 Å². The van der Waals surface area contributed by atoms with Crippen molar-refractivity contribution < 1.29 is 33.8 Å². The zero-order valence-electron chi connectivity index (χ0n) is 23.8. The monoisotopic (exact) mass is 589 g/mol. The molecule has 43 heavy (non-hydrogen) atoms. The van der Waals surface area contributed by atoms with Gasteiger partial charge in [0.1, 0.15) is 25.1 Å². The van der Waals surface area contributed by atoms with Crippen molar-refractivity contribution in [2.24, 2.45) is 0 Å². The van der Waals surface area contributed by atoms with Gasteiger partial charge in [0.15, 0.2) is 0 Å². The van der Waals surface area contributed by atoms with E-state index < -0.39 is 36.0 Å². The molecule has 3 aromatic rings. The summed E-state index contributed by atoms with van der Waals surface area (Å²) in [5.41, 5.74) is 2.13. The third kappa shape index (κ3) is 9.54. The highest BCUT2D eigenvalue weighted by molar-refractivity contribution is 5.96. The van der Waals surface area contributed by atoms with Crippen LogP contribution in [0.5, 0.6) is 0 Å². The molecule has 2 heterocycles. The minimum absolute atomic E-state index is 0.121. The van der Waals surface area contributed by atoms with Crippen molar-refractivity contribution in [1.29, 1.82) is 0 Å². The summed E-state index contributed by atoms with van der Waals surface area (Å²) in [6.07, 6.45) is 1.15. The Morgan fingerprint density at radius 1 is 1.02 bits per heavy atom. The second-order valence-electron chi connectivity index (χ2n) is 10.1. The van der Waals surface area contributed by atoms with Gasteiger partial charge in [-0.3, -0.25) is 9.59 Å². The number of rotatable bonds is 13. The molecule has 3 unspecified atom stereocenters. The zero-order valence-corrected chi connectivity index (χ0v) is 23.8. The second kappa shape index (κ2) is 15.3. The molecule has 1 saturated heterocycles. The van der Waals surface area contributed by atoms with Crippen LogP contribution in [0.25, 0.3) is 0 Å². The van der Waals surface area contributed by atoms with Gasteiger partial charge in [0, 0.05) is 24.8 Å². The van der Waals surface area contributed by atoms with Crippen LogP contribution in [0, 0.1) is 6.92 Å². The molecule has 12 nitrogen and oxygen atoms in total. The molecule has 1 aliphatic heterocycles. The average Bonchev–Trinajstić information content (AvgIpc) is 3.44. The fourth-order valence-electron chi connectivity index (χ4n) is 4.51. The van der Waals surface area contributed by atoms with Crippen molar-refractivity contribution in [1.82, 2.24) is 20.5 Å². The molecule has 0 saturated carbocycles. The van der Waals surface area contributed by atoms with Gasteiger partial charge in [-0.15, -0.1) is 0 Å². The molecular weight excluding hydrogens is 554 g/mol. The fourth-order valence-corrected chi connectivity index (χ4v) is 4.51. The number of pyridine rings is 1. The summed E-state index contributed by atoms with van der Waals surface area (Å²) in [4.78, 5) is 55.5. The molecule has 3 amide bonds. The molecule has 226 valence electrons. The van der Waals surface area contributed by atoms with Crippen molar-refractivity contribution in [3.63, 3.8) is 0 Å². The van der Waals surface area contributed by atoms with Crippen LogP contribution in [0.1, 0.15) is 27.9 Å². The number of anilines is 1. The number of carbonyl (C=O) groups excluding carboxylic acids is 3. The van der Waals surface area contributed by atoms with Gasteiger partial charge in [0.2, 0.25) is 5.91 Å². The third-order valence-electron chi connectivity index (χ3n) is 6.87. The number of nitrogens with zero attached hydrogens (tertiary/aromatic N) is 2. The van der Waals surface area contributed by atoms with Crippen molar-refractivity contribution >= 4 is 29.7 Å². The standard InChI is InChI=1S/C31H35N5O7/c1-21-10-12-23(13-11-21)29(38)35-26(30(39)40)17-34-28(37)20-42-25-15-24(16-33-27-9-5-6-14-32-27)36(18-25)31(41)43-19-22-7-3-2-4-8-22/h2-14,24-26H,15-20H2,1H3,(H,32,33)(H,34,37)(H,35,38)(H,39,40). The minimum atomic E-state index is -1.33. The molecule has 0 bridgehead atoms. The lowest BCUT2D eigenvalue weighted by Crippen LogP contribution is -2.49. The number of benzene rings is 2. The first kappa shape index (κ1) is 31.0. The van der Waals surface area contributed by atoms with Crippen molar-refractivity contribution in [3.05, 3.63) is 95.7 Å². The van der Waals surface area contributed by atoms with Gasteiger partial charge in [0.05, 0.1) is 18.7 Å². The average molecular weight is 590 g/mol. The maximum Gasteiger partial charge on any atom is 0.410 e. The molecule has 1 aliphatic rings. The van der Waals surface area contributed by atoms with Crippen LogP contribution in [0.4, 0.5) is 10.6 Å². The lowest BCUT2D eigenvalue weighted by molar-refractivity contribution is -0.139. The van der Waals surface area contributed by atoms with E-state index in [1.807, 2.05) is 49.4 Å². The highest BCUT2D eigenvalue weighted by atomic mass is 16.6. The smallest absolute Gasteiger partial charge is 0.410 e. The first-order valence-electron chi connectivity index (χ1n) is 13.9. The van der Waals surface area contributed by atoms with E-state index in [0.717, 1.165) is 11.1 Å². The van der Waals surface area contributed by atoms with Gasteiger partial charge in [-0.2, -0.15) is 0 Å². The number of aryl methyl sites for hydroxylation is 1. The van der Waals surface area contributed by atoms with Crippen LogP contribution < -0.4 is 16.0 Å². The molecule has 1 fully saturated rings. The summed E-state index contributed by atoms with van der Waals surface area (Å²) in [5, 5.41) is 17.7. The first-order chi connectivity index (χ1) is 20.8. The van der Waals surface area contributed by atoms with E-state index in [2.05, 4.69) is 20.9 Å². The molecule has 0 radical (unpaired) electrons. The lowest BCUT2D eigenvalue weighted by Gasteiger charge is -2.24. The van der Waals surface area contributed by atoms with E-state index in [1.54, 1.807) is 41.4 Å². The van der Waals surface area contributed by atoms with Gasteiger partial charge >= 0.3 is 12.1 Å². The summed E-state index contributed by atoms with van der Waals surface area (Å²) < 4.78 is 11.3. The highest BCUT2D eigenvalue weighted by Crippen LogP contribution is 2.22. The molecule has 4 N–H and O–H groups in total. The number of amides is 3. The Morgan fingerprint density at radius 3 is 2.47 bits per heavy atom. The highest BCUT2D eigenvalue weighted by Gasteiger charge is 2.37. The fraction of sp³-hybridized carbons (Fsp3) is 0.323. The number of aromatic nitrogens is 1. The number of aliphatic carboxylic acids is 1. The first-order valence-corrected chi connectivity index (χ1v) is 13.9. The Labute approximate surface area is 249 Å². The maximum absolute atomic E-state index is 13.0. The van der Waals surface area contributed by atoms with Gasteiger partial charge in [-0.25, -0.2) is 14.6 Å². The summed E-state index contributed by atoms with van der Waals surface area (Å²) in [6.45, 7) is 1.92. The predicted octanol–water partition coefficient (Wildman–Crippen LogP) is 2.60. The van der Waals surface area contributed by atoms with E-state index in [0.29, 0.717) is 24.3 Å². The topological polar surface area (TPSA) is 159 Å². The Kier molecular flexibility index (Phi) is 11.0. The van der Waals surface area contributed by atoms with Crippen molar-refractivity contribution in [2.45, 2.75) is 38.1 Å². The van der Waals surface area contributed by atoms with Gasteiger partial charge in [-0.05, 0) is 43.2 Å². The Hall–Kier alpha value is -4.97.